The maximum atomic E-state index is 13.6. The fourth-order valence-electron chi connectivity index (χ4n) is 3.48. The zero-order chi connectivity index (χ0) is 27.0. The van der Waals surface area contributed by atoms with Gasteiger partial charge in [-0.3, -0.25) is 13.9 Å². The number of ether oxygens (including phenoxy) is 1. The summed E-state index contributed by atoms with van der Waals surface area (Å²) in [5, 5.41) is 6.83. The molecule has 0 fully saturated rings. The van der Waals surface area contributed by atoms with E-state index in [1.54, 1.807) is 74.5 Å². The Morgan fingerprint density at radius 1 is 0.973 bits per heavy atom. The Hall–Kier alpha value is -4.18. The molecule has 0 bridgehead atoms. The minimum Gasteiger partial charge on any atom is -0.492 e. The van der Waals surface area contributed by atoms with Crippen molar-refractivity contribution in [1.29, 1.82) is 0 Å². The first-order valence-electron chi connectivity index (χ1n) is 11.6. The van der Waals surface area contributed by atoms with E-state index in [0.29, 0.717) is 29.3 Å². The van der Waals surface area contributed by atoms with Crippen molar-refractivity contribution in [3.05, 3.63) is 83.9 Å². The lowest BCUT2D eigenvalue weighted by Crippen LogP contribution is -2.40. The van der Waals surface area contributed by atoms with Crippen LogP contribution in [0, 0.1) is 6.92 Å². The van der Waals surface area contributed by atoms with Gasteiger partial charge in [0, 0.05) is 12.6 Å². The van der Waals surface area contributed by atoms with Crippen LogP contribution < -0.4 is 19.8 Å². The molecular formula is C27H30N4O5S. The van der Waals surface area contributed by atoms with Gasteiger partial charge in [-0.25, -0.2) is 13.8 Å². The molecule has 37 heavy (non-hydrogen) atoms. The van der Waals surface area contributed by atoms with Crippen molar-refractivity contribution in [3.8, 4) is 5.75 Å². The van der Waals surface area contributed by atoms with Crippen molar-refractivity contribution in [1.82, 2.24) is 5.43 Å². The number of rotatable bonds is 10. The summed E-state index contributed by atoms with van der Waals surface area (Å²) in [6, 6.07) is 20.0. The molecular weight excluding hydrogens is 492 g/mol. The van der Waals surface area contributed by atoms with Gasteiger partial charge in [-0.15, -0.1) is 0 Å². The van der Waals surface area contributed by atoms with E-state index in [0.717, 1.165) is 9.87 Å². The third kappa shape index (κ3) is 7.17. The minimum atomic E-state index is -4.11. The maximum absolute atomic E-state index is 13.6. The fraction of sp³-hybridized carbons (Fsp3) is 0.222. The Kier molecular flexibility index (Phi) is 9.02. The number of aryl methyl sites for hydroxylation is 1. The third-order valence-electron chi connectivity index (χ3n) is 5.28. The first-order chi connectivity index (χ1) is 17.6. The number of hydrogen-bond donors (Lipinski definition) is 2. The summed E-state index contributed by atoms with van der Waals surface area (Å²) in [6.07, 6.45) is 0. The molecule has 0 atom stereocenters. The van der Waals surface area contributed by atoms with Crippen molar-refractivity contribution in [2.75, 3.05) is 22.8 Å². The lowest BCUT2D eigenvalue weighted by Gasteiger charge is -2.25. The number of nitrogens with one attached hydrogen (secondary N) is 2. The molecule has 3 aromatic rings. The van der Waals surface area contributed by atoms with Crippen molar-refractivity contribution in [2.24, 2.45) is 5.10 Å². The smallest absolute Gasteiger partial charge is 0.264 e. The van der Waals surface area contributed by atoms with Crippen LogP contribution in [0.25, 0.3) is 0 Å². The van der Waals surface area contributed by atoms with Crippen LogP contribution in [0.1, 0.15) is 31.9 Å². The first kappa shape index (κ1) is 27.4. The summed E-state index contributed by atoms with van der Waals surface area (Å²) >= 11 is 0. The number of sulfonamides is 1. The standard InChI is InChI=1S/C27H30N4O5S/c1-5-36-26-12-7-6-11-25(26)31(37(34,35)24-15-13-19(2)14-16-24)18-27(33)30-29-20(3)22-9-8-10-23(17-22)28-21(4)32/h6-17H,5,18H2,1-4H3,(H,28,32)(H,30,33)/b29-20-. The van der Waals surface area contributed by atoms with Gasteiger partial charge in [-0.1, -0.05) is 42.0 Å². The molecule has 2 N–H and O–H groups in total. The number of amides is 2. The van der Waals surface area contributed by atoms with Crippen LogP contribution in [0.2, 0.25) is 0 Å². The topological polar surface area (TPSA) is 117 Å². The van der Waals surface area contributed by atoms with Gasteiger partial charge in [0.1, 0.15) is 12.3 Å². The zero-order valence-electron chi connectivity index (χ0n) is 21.2. The summed E-state index contributed by atoms with van der Waals surface area (Å²) < 4.78 is 33.9. The number of benzene rings is 3. The second kappa shape index (κ2) is 12.2. The van der Waals surface area contributed by atoms with Crippen molar-refractivity contribution in [3.63, 3.8) is 0 Å². The normalized spacial score (nSPS) is 11.5. The van der Waals surface area contributed by atoms with E-state index in [-0.39, 0.29) is 16.5 Å². The van der Waals surface area contributed by atoms with Gasteiger partial charge in [0.2, 0.25) is 5.91 Å². The predicted octanol–water partition coefficient (Wildman–Crippen LogP) is 4.09. The molecule has 0 saturated carbocycles. The number of hydrazone groups is 1. The average Bonchev–Trinajstić information content (AvgIpc) is 2.86. The number of nitrogens with zero attached hydrogens (tertiary/aromatic N) is 2. The van der Waals surface area contributed by atoms with Gasteiger partial charge in [-0.05, 0) is 62.7 Å². The zero-order valence-corrected chi connectivity index (χ0v) is 22.0. The first-order valence-corrected chi connectivity index (χ1v) is 13.1. The van der Waals surface area contributed by atoms with Gasteiger partial charge >= 0.3 is 0 Å². The monoisotopic (exact) mass is 522 g/mol. The van der Waals surface area contributed by atoms with Gasteiger partial charge in [0.05, 0.1) is 22.9 Å². The number of carbonyl (C=O) groups excluding carboxylic acids is 2. The quantitative estimate of drug-likeness (QED) is 0.307. The fourth-order valence-corrected chi connectivity index (χ4v) is 4.91. The molecule has 0 radical (unpaired) electrons. The van der Waals surface area contributed by atoms with Gasteiger partial charge in [0.15, 0.2) is 0 Å². The van der Waals surface area contributed by atoms with E-state index in [1.165, 1.54) is 19.1 Å². The van der Waals surface area contributed by atoms with E-state index in [4.69, 9.17) is 4.74 Å². The van der Waals surface area contributed by atoms with Crippen LogP contribution in [-0.4, -0.2) is 39.1 Å². The van der Waals surface area contributed by atoms with Crippen LogP contribution in [-0.2, 0) is 19.6 Å². The number of anilines is 2. The average molecular weight is 523 g/mol. The summed E-state index contributed by atoms with van der Waals surface area (Å²) in [5.41, 5.74) is 5.33. The second-order valence-electron chi connectivity index (χ2n) is 8.22. The molecule has 0 aliphatic carbocycles. The van der Waals surface area contributed by atoms with Crippen LogP contribution in [0.4, 0.5) is 11.4 Å². The molecule has 3 aromatic carbocycles. The summed E-state index contributed by atoms with van der Waals surface area (Å²) in [4.78, 5) is 24.3. The highest BCUT2D eigenvalue weighted by atomic mass is 32.2. The minimum absolute atomic E-state index is 0.0478. The van der Waals surface area contributed by atoms with Crippen LogP contribution in [0.3, 0.4) is 0 Å². The van der Waals surface area contributed by atoms with E-state index < -0.39 is 22.5 Å². The third-order valence-corrected chi connectivity index (χ3v) is 7.05. The van der Waals surface area contributed by atoms with Gasteiger partial charge < -0.3 is 10.1 Å². The summed E-state index contributed by atoms with van der Waals surface area (Å²) in [6.45, 7) is 6.55. The number of carbonyl (C=O) groups is 2. The lowest BCUT2D eigenvalue weighted by atomic mass is 10.1. The molecule has 0 spiro atoms. The molecule has 0 aliphatic rings. The number of hydrogen-bond acceptors (Lipinski definition) is 6. The van der Waals surface area contributed by atoms with Crippen LogP contribution >= 0.6 is 0 Å². The molecule has 194 valence electrons. The Balaban J connectivity index is 1.90. The summed E-state index contributed by atoms with van der Waals surface area (Å²) in [7, 11) is -4.11. The van der Waals surface area contributed by atoms with Crippen molar-refractivity contribution >= 4 is 38.9 Å². The Morgan fingerprint density at radius 3 is 2.35 bits per heavy atom. The molecule has 0 saturated heterocycles. The molecule has 2 amide bonds. The second-order valence-corrected chi connectivity index (χ2v) is 10.1. The van der Waals surface area contributed by atoms with Crippen molar-refractivity contribution < 1.29 is 22.7 Å². The number of para-hydroxylation sites is 2. The molecule has 0 aliphatic heterocycles. The predicted molar refractivity (Wildman–Crippen MR) is 144 cm³/mol. The van der Waals surface area contributed by atoms with Crippen LogP contribution in [0.15, 0.2) is 82.8 Å². The Morgan fingerprint density at radius 2 is 1.68 bits per heavy atom. The maximum Gasteiger partial charge on any atom is 0.264 e. The molecule has 9 nitrogen and oxygen atoms in total. The highest BCUT2D eigenvalue weighted by Gasteiger charge is 2.29. The van der Waals surface area contributed by atoms with E-state index in [1.807, 2.05) is 6.92 Å². The molecule has 3 rings (SSSR count). The van der Waals surface area contributed by atoms with Gasteiger partial charge in [0.25, 0.3) is 15.9 Å². The highest BCUT2D eigenvalue weighted by molar-refractivity contribution is 7.92. The lowest BCUT2D eigenvalue weighted by molar-refractivity contribution is -0.119. The summed E-state index contributed by atoms with van der Waals surface area (Å²) in [5.74, 6) is -0.510. The Bertz CT molecular complexity index is 1400. The molecule has 0 heterocycles. The molecule has 10 heteroatoms. The van der Waals surface area contributed by atoms with E-state index >= 15 is 0 Å². The Labute approximate surface area is 217 Å². The highest BCUT2D eigenvalue weighted by Crippen LogP contribution is 2.32. The van der Waals surface area contributed by atoms with Crippen LogP contribution in [0.5, 0.6) is 5.75 Å². The molecule has 0 aromatic heterocycles. The van der Waals surface area contributed by atoms with Gasteiger partial charge in [-0.2, -0.15) is 5.10 Å². The van der Waals surface area contributed by atoms with E-state index in [9.17, 15) is 18.0 Å². The largest absolute Gasteiger partial charge is 0.492 e. The van der Waals surface area contributed by atoms with E-state index in [2.05, 4.69) is 15.8 Å². The SMILES string of the molecule is CCOc1ccccc1N(CC(=O)N/N=C(/C)c1cccc(NC(C)=O)c1)S(=O)(=O)c1ccc(C)cc1. The van der Waals surface area contributed by atoms with Crippen molar-refractivity contribution in [2.45, 2.75) is 32.6 Å². The molecule has 0 unspecified atom stereocenters.